The smallest absolute Gasteiger partial charge is 1.00 e. The summed E-state index contributed by atoms with van der Waals surface area (Å²) in [5.74, 6) is -2.05. The number of H-pyrrole nitrogens is 1. The Balaban J connectivity index is -0.000000775. The van der Waals surface area contributed by atoms with E-state index in [0.717, 1.165) is 51.1 Å². The number of halogens is 4. The summed E-state index contributed by atoms with van der Waals surface area (Å²) in [5.41, 5.74) is 27.1. The summed E-state index contributed by atoms with van der Waals surface area (Å²) in [5, 5.41) is 31.3. The van der Waals surface area contributed by atoms with Crippen molar-refractivity contribution in [1.29, 1.82) is 0 Å². The van der Waals surface area contributed by atoms with E-state index in [-0.39, 0.29) is 74.7 Å². The van der Waals surface area contributed by atoms with Gasteiger partial charge in [-0.3, -0.25) is 9.59 Å². The van der Waals surface area contributed by atoms with E-state index >= 15 is 0 Å². The molecule has 20 nitrogen and oxygen atoms in total. The number of carbonyl (C=O) groups is 5. The van der Waals surface area contributed by atoms with E-state index in [1.807, 2.05) is 32.3 Å². The molecule has 0 saturated heterocycles. The topological polar surface area (TPSA) is 305 Å². The van der Waals surface area contributed by atoms with E-state index in [2.05, 4.69) is 104 Å². The van der Waals surface area contributed by atoms with Crippen LogP contribution in [0, 0.1) is 0 Å². The molecule has 0 unspecified atom stereocenters. The van der Waals surface area contributed by atoms with Crippen molar-refractivity contribution in [3.63, 3.8) is 0 Å². The Labute approximate surface area is 457 Å². The van der Waals surface area contributed by atoms with Crippen LogP contribution < -0.4 is 29.6 Å². The third kappa shape index (κ3) is 27.1. The van der Waals surface area contributed by atoms with Crippen LogP contribution in [0.25, 0.3) is 53.7 Å². The number of aliphatic hydroxyl groups excluding tert-OH is 1. The fraction of sp³-hybridized carbons (Fsp3) is 0.289. The van der Waals surface area contributed by atoms with Gasteiger partial charge in [0, 0.05) is 88.2 Å². The van der Waals surface area contributed by atoms with Crippen LogP contribution in [0.5, 0.6) is 0 Å². The van der Waals surface area contributed by atoms with Crippen LogP contribution in [0.1, 0.15) is 68.0 Å². The van der Waals surface area contributed by atoms with Crippen molar-refractivity contribution in [3.05, 3.63) is 127 Å². The Hall–Kier alpha value is -3.82. The number of nitrogens with zero attached hydrogens (tertiary/aromatic N) is 9. The van der Waals surface area contributed by atoms with Crippen molar-refractivity contribution in [1.82, 2.24) is 4.98 Å². The van der Waals surface area contributed by atoms with Gasteiger partial charge in [-0.1, -0.05) is 15.3 Å². The molecular formula is C38H41Br4N10NaO10S4. The number of hydrogen-bond donors (Lipinski definition) is 2. The van der Waals surface area contributed by atoms with Crippen LogP contribution in [0.4, 0.5) is 0 Å². The molecule has 0 saturated carbocycles. The van der Waals surface area contributed by atoms with Crippen molar-refractivity contribution >= 4 is 162 Å². The molecule has 5 heterocycles. The monoisotopic (exact) mass is 1260 g/mol. The van der Waals surface area contributed by atoms with Gasteiger partial charge in [0.05, 0.1) is 26.4 Å². The number of fused-ring (bicyclic) bond motifs is 1. The van der Waals surface area contributed by atoms with Gasteiger partial charge in [-0.2, -0.15) is 34.0 Å². The Kier molecular flexibility index (Phi) is 39.1. The number of esters is 4. The molecule has 67 heavy (non-hydrogen) atoms. The number of carbonyl (C=O) groups excluding carboxylic acids is 5. The van der Waals surface area contributed by atoms with E-state index in [1.165, 1.54) is 46.2 Å². The number of aromatic amines is 1. The van der Waals surface area contributed by atoms with Crippen LogP contribution in [-0.4, -0.2) is 79.8 Å². The van der Waals surface area contributed by atoms with Crippen molar-refractivity contribution in [2.45, 2.75) is 34.6 Å². The molecule has 5 rings (SSSR count). The fourth-order valence-corrected chi connectivity index (χ4v) is 9.33. The average Bonchev–Trinajstić information content (AvgIpc) is 4.15. The van der Waals surface area contributed by atoms with Gasteiger partial charge in [-0.05, 0) is 144 Å². The molecule has 0 atom stereocenters. The fourth-order valence-electron chi connectivity index (χ4n) is 3.72. The zero-order valence-electron chi connectivity index (χ0n) is 37.4. The third-order valence-electron chi connectivity index (χ3n) is 6.30. The third-order valence-corrected chi connectivity index (χ3v) is 13.4. The van der Waals surface area contributed by atoms with Gasteiger partial charge in [-0.15, -0.1) is 11.3 Å². The number of ether oxygens (including phenoxy) is 4. The van der Waals surface area contributed by atoms with Gasteiger partial charge >= 0.3 is 53.4 Å². The minimum Gasteiger partial charge on any atom is -1.00 e. The van der Waals surface area contributed by atoms with E-state index < -0.39 is 17.9 Å². The predicted octanol–water partition coefficient (Wildman–Crippen LogP) is 10.9. The van der Waals surface area contributed by atoms with Crippen molar-refractivity contribution < 1.29 is 79.0 Å². The second kappa shape index (κ2) is 40.1. The SMILES string of the molecule is CCO.CCOC(=O)/C(=C/c1cscc1Br)N=[N+]=[N-].CCOC(=O)/C(=C/c1cscc1Br)N=[N+]=[N-].CCOC(=O)CN=[N+]=[N-].CCOC(=O)c1cc2c(Br)csc2[nH]1.O=Cc1cscc1Br.[H-].[Na+]. The van der Waals surface area contributed by atoms with Gasteiger partial charge in [-0.25, -0.2) is 14.4 Å². The largest absolute Gasteiger partial charge is 1.00 e. The zero-order valence-corrected chi connectivity index (χ0v) is 48.0. The molecule has 356 valence electrons. The first-order valence-corrected chi connectivity index (χ1v) is 25.2. The number of hydrogen-bond acceptors (Lipinski definition) is 17. The number of nitrogens with one attached hydrogen (secondary N) is 1. The summed E-state index contributed by atoms with van der Waals surface area (Å²) in [4.78, 5) is 66.1. The van der Waals surface area contributed by atoms with E-state index in [9.17, 15) is 24.0 Å². The Morgan fingerprint density at radius 3 is 1.45 bits per heavy atom. The molecule has 0 fully saturated rings. The van der Waals surface area contributed by atoms with Crippen LogP contribution in [0.2, 0.25) is 0 Å². The zero-order chi connectivity index (χ0) is 49.9. The van der Waals surface area contributed by atoms with Crippen LogP contribution in [0.3, 0.4) is 0 Å². The maximum atomic E-state index is 11.4. The Morgan fingerprint density at radius 2 is 1.12 bits per heavy atom. The molecule has 0 radical (unpaired) electrons. The molecule has 0 aliphatic rings. The molecule has 2 N–H and O–H groups in total. The van der Waals surface area contributed by atoms with E-state index in [0.29, 0.717) is 18.9 Å². The molecule has 0 aliphatic heterocycles. The molecule has 0 amide bonds. The van der Waals surface area contributed by atoms with Crippen molar-refractivity contribution in [3.8, 4) is 0 Å². The minimum atomic E-state index is -0.626. The number of thiophene rings is 4. The Bertz CT molecular complexity index is 2450. The van der Waals surface area contributed by atoms with Crippen molar-refractivity contribution in [2.24, 2.45) is 15.3 Å². The summed E-state index contributed by atoms with van der Waals surface area (Å²) >= 11 is 19.3. The average molecular weight is 1270 g/mol. The Morgan fingerprint density at radius 1 is 0.687 bits per heavy atom. The number of aldehydes is 1. The maximum Gasteiger partial charge on any atom is 1.00 e. The summed E-state index contributed by atoms with van der Waals surface area (Å²) < 4.78 is 22.4. The van der Waals surface area contributed by atoms with Gasteiger partial charge in [0.15, 0.2) is 6.29 Å². The quantitative estimate of drug-likeness (QED) is 0.0155. The van der Waals surface area contributed by atoms with Crippen LogP contribution in [0.15, 0.2) is 88.4 Å². The maximum absolute atomic E-state index is 11.4. The van der Waals surface area contributed by atoms with Crippen LogP contribution in [-0.2, 0) is 33.3 Å². The van der Waals surface area contributed by atoms with Gasteiger partial charge in [0.2, 0.25) is 0 Å². The van der Waals surface area contributed by atoms with E-state index in [4.69, 9.17) is 35.9 Å². The first kappa shape index (κ1) is 65.3. The second-order valence-corrected chi connectivity index (χ2v) is 17.3. The van der Waals surface area contributed by atoms with Crippen molar-refractivity contribution in [2.75, 3.05) is 39.6 Å². The first-order valence-electron chi connectivity index (χ1n) is 18.3. The summed E-state index contributed by atoms with van der Waals surface area (Å²) in [6.45, 7) is 9.76. The second-order valence-electron chi connectivity index (χ2n) is 10.8. The number of aromatic nitrogens is 1. The molecule has 0 bridgehead atoms. The van der Waals surface area contributed by atoms with Gasteiger partial charge in [0.1, 0.15) is 28.5 Å². The molecule has 0 aromatic carbocycles. The number of aliphatic hydroxyl groups is 1. The first-order chi connectivity index (χ1) is 31.7. The summed E-state index contributed by atoms with van der Waals surface area (Å²) in [6.07, 6.45) is 3.80. The molecule has 0 spiro atoms. The molecule has 5 aromatic rings. The standard InChI is InChI=1S/2C9H8BrN3O2S.C9H8BrNO2S.C5H3BrOS.C4H7N3O2.C2H6O.Na.H/c2*1-2-15-9(14)8(12-13-11)3-6-4-16-5-7(6)10;1-2-13-9(12)7-3-5-6(10)4-14-8(5)11-7;6-5-3-8-2-4(5)1-7;1-2-9-4(8)3-6-7-5;1-2-3;;/h2*3-5H,2H2,1H3;3-4,11H,2H2,1H3;1-3H;2-3H2,1H3;3H,2H2,1H3;;/q;;;;;;+1;-1/b2*8-3-;;;;;;. The molecular weight excluding hydrogens is 1230 g/mol. The predicted molar refractivity (Wildman–Crippen MR) is 273 cm³/mol. The molecule has 29 heteroatoms. The minimum absolute atomic E-state index is 0. The molecule has 5 aromatic heterocycles. The summed E-state index contributed by atoms with van der Waals surface area (Å²) in [6, 6.07) is 1.80. The molecule has 0 aliphatic carbocycles. The van der Waals surface area contributed by atoms with Gasteiger partial charge in [0.25, 0.3) is 0 Å². The number of azide groups is 3. The number of rotatable bonds is 14. The van der Waals surface area contributed by atoms with Gasteiger partial charge < -0.3 is 30.5 Å². The van der Waals surface area contributed by atoms with Crippen LogP contribution >= 0.6 is 109 Å². The summed E-state index contributed by atoms with van der Waals surface area (Å²) in [7, 11) is 0. The normalized spacial score (nSPS) is 9.76. The van der Waals surface area contributed by atoms with E-state index in [1.54, 1.807) is 57.4 Å².